The molecule has 0 spiro atoms. The molecule has 27 heavy (non-hydrogen) atoms. The number of furan rings is 1. The van der Waals surface area contributed by atoms with Crippen LogP contribution in [0.5, 0.6) is 0 Å². The van der Waals surface area contributed by atoms with Crippen molar-refractivity contribution >= 4 is 23.4 Å². The smallest absolute Gasteiger partial charge is 0.253 e. The molecule has 1 amide bonds. The quantitative estimate of drug-likeness (QED) is 0.849. The lowest BCUT2D eigenvalue weighted by Crippen LogP contribution is -2.29. The van der Waals surface area contributed by atoms with Gasteiger partial charge in [0.2, 0.25) is 0 Å². The highest BCUT2D eigenvalue weighted by molar-refractivity contribution is 8.00. The molecule has 0 saturated heterocycles. The van der Waals surface area contributed by atoms with Gasteiger partial charge >= 0.3 is 0 Å². The van der Waals surface area contributed by atoms with Crippen molar-refractivity contribution in [2.24, 2.45) is 5.10 Å². The lowest BCUT2D eigenvalue weighted by Gasteiger charge is -2.20. The van der Waals surface area contributed by atoms with Gasteiger partial charge in [0.25, 0.3) is 5.91 Å². The first-order valence-corrected chi connectivity index (χ1v) is 10.4. The predicted molar refractivity (Wildman–Crippen MR) is 107 cm³/mol. The Morgan fingerprint density at radius 2 is 2.11 bits per heavy atom. The van der Waals surface area contributed by atoms with Crippen molar-refractivity contribution in [3.63, 3.8) is 0 Å². The molecule has 1 aromatic heterocycles. The number of amides is 1. The molecule has 2 aliphatic rings. The molecule has 1 aromatic carbocycles. The fourth-order valence-electron chi connectivity index (χ4n) is 3.69. The molecule has 0 bridgehead atoms. The minimum atomic E-state index is -0.216. The van der Waals surface area contributed by atoms with Crippen molar-refractivity contribution in [1.29, 1.82) is 0 Å². The largest absolute Gasteiger partial charge is 0.467 e. The first kappa shape index (κ1) is 18.3. The number of nitrogens with zero attached hydrogens (tertiary/aromatic N) is 2. The van der Waals surface area contributed by atoms with Crippen molar-refractivity contribution in [3.05, 3.63) is 59.5 Å². The fourth-order valence-corrected chi connectivity index (χ4v) is 4.86. The SMILES string of the molecule is Cc1ccc(C2=NN(C(=O)CSC3CCC(O)C3)C(c3ccco3)C2)cc1. The van der Waals surface area contributed by atoms with Gasteiger partial charge in [-0.25, -0.2) is 5.01 Å². The van der Waals surface area contributed by atoms with Gasteiger partial charge in [-0.2, -0.15) is 5.10 Å². The van der Waals surface area contributed by atoms with Crippen molar-refractivity contribution in [2.45, 2.75) is 50.0 Å². The molecule has 142 valence electrons. The average molecular weight is 385 g/mol. The number of carbonyl (C=O) groups excluding carboxylic acids is 1. The molecule has 6 heteroatoms. The Labute approximate surface area is 163 Å². The zero-order valence-corrected chi connectivity index (χ0v) is 16.2. The van der Waals surface area contributed by atoms with Gasteiger partial charge in [-0.1, -0.05) is 29.8 Å². The van der Waals surface area contributed by atoms with Crippen LogP contribution in [0.25, 0.3) is 0 Å². The Morgan fingerprint density at radius 3 is 2.78 bits per heavy atom. The average Bonchev–Trinajstić information content (AvgIpc) is 3.40. The van der Waals surface area contributed by atoms with Crippen molar-refractivity contribution in [2.75, 3.05) is 5.75 Å². The molecule has 3 unspecified atom stereocenters. The number of benzene rings is 1. The third-order valence-corrected chi connectivity index (χ3v) is 6.53. The zero-order chi connectivity index (χ0) is 18.8. The van der Waals surface area contributed by atoms with E-state index in [4.69, 9.17) is 4.42 Å². The number of hydrogen-bond acceptors (Lipinski definition) is 5. The lowest BCUT2D eigenvalue weighted by atomic mass is 10.0. The summed E-state index contributed by atoms with van der Waals surface area (Å²) in [5, 5.41) is 16.3. The number of hydrogen-bond donors (Lipinski definition) is 1. The molecule has 1 N–H and O–H groups in total. The van der Waals surface area contributed by atoms with Crippen LogP contribution in [-0.4, -0.2) is 38.8 Å². The Morgan fingerprint density at radius 1 is 1.30 bits per heavy atom. The first-order chi connectivity index (χ1) is 13.1. The van der Waals surface area contributed by atoms with Gasteiger partial charge in [-0.3, -0.25) is 4.79 Å². The van der Waals surface area contributed by atoms with E-state index in [0.29, 0.717) is 17.4 Å². The summed E-state index contributed by atoms with van der Waals surface area (Å²) in [6, 6.07) is 11.8. The molecular weight excluding hydrogens is 360 g/mol. The summed E-state index contributed by atoms with van der Waals surface area (Å²) < 4.78 is 5.59. The molecule has 1 aliphatic heterocycles. The first-order valence-electron chi connectivity index (χ1n) is 9.40. The summed E-state index contributed by atoms with van der Waals surface area (Å²) >= 11 is 1.63. The van der Waals surface area contributed by atoms with Crippen LogP contribution in [0.15, 0.2) is 52.2 Å². The number of aryl methyl sites for hydroxylation is 1. The van der Waals surface area contributed by atoms with E-state index in [1.165, 1.54) is 5.56 Å². The third-order valence-electron chi connectivity index (χ3n) is 5.22. The number of rotatable bonds is 5. The third kappa shape index (κ3) is 4.12. The molecule has 4 rings (SSSR count). The van der Waals surface area contributed by atoms with Gasteiger partial charge in [0, 0.05) is 11.7 Å². The van der Waals surface area contributed by atoms with E-state index in [1.807, 2.05) is 12.1 Å². The van der Waals surface area contributed by atoms with Crippen LogP contribution in [0.4, 0.5) is 0 Å². The van der Waals surface area contributed by atoms with E-state index in [1.54, 1.807) is 23.0 Å². The maximum absolute atomic E-state index is 12.9. The summed E-state index contributed by atoms with van der Waals surface area (Å²) in [7, 11) is 0. The zero-order valence-electron chi connectivity index (χ0n) is 15.4. The van der Waals surface area contributed by atoms with Crippen LogP contribution in [0.3, 0.4) is 0 Å². The maximum Gasteiger partial charge on any atom is 0.253 e. The van der Waals surface area contributed by atoms with Crippen LogP contribution < -0.4 is 0 Å². The van der Waals surface area contributed by atoms with E-state index in [9.17, 15) is 9.90 Å². The molecule has 1 aliphatic carbocycles. The highest BCUT2D eigenvalue weighted by Crippen LogP contribution is 2.35. The molecule has 1 saturated carbocycles. The Kier molecular flexibility index (Phi) is 5.36. The normalized spacial score (nSPS) is 25.0. The molecule has 2 heterocycles. The predicted octanol–water partition coefficient (Wildman–Crippen LogP) is 3.91. The number of carbonyl (C=O) groups is 1. The topological polar surface area (TPSA) is 66.0 Å². The highest BCUT2D eigenvalue weighted by Gasteiger charge is 2.35. The molecule has 0 radical (unpaired) electrons. The second kappa shape index (κ2) is 7.90. The van der Waals surface area contributed by atoms with E-state index >= 15 is 0 Å². The van der Waals surface area contributed by atoms with Crippen molar-refractivity contribution in [1.82, 2.24) is 5.01 Å². The van der Waals surface area contributed by atoms with Crippen LogP contribution >= 0.6 is 11.8 Å². The molecule has 2 aromatic rings. The van der Waals surface area contributed by atoms with Crippen molar-refractivity contribution in [3.8, 4) is 0 Å². The second-order valence-electron chi connectivity index (χ2n) is 7.29. The monoisotopic (exact) mass is 384 g/mol. The molecule has 5 nitrogen and oxygen atoms in total. The minimum Gasteiger partial charge on any atom is -0.467 e. The number of aliphatic hydroxyl groups is 1. The Bertz CT molecular complexity index is 816. The minimum absolute atomic E-state index is 0.00935. The van der Waals surface area contributed by atoms with Gasteiger partial charge in [0.15, 0.2) is 0 Å². The summed E-state index contributed by atoms with van der Waals surface area (Å²) in [6.45, 7) is 2.05. The number of hydrazone groups is 1. The fraction of sp³-hybridized carbons (Fsp3) is 0.429. The van der Waals surface area contributed by atoms with Gasteiger partial charge in [0.05, 0.1) is 23.8 Å². The van der Waals surface area contributed by atoms with Crippen LogP contribution in [0, 0.1) is 6.92 Å². The van der Waals surface area contributed by atoms with E-state index in [0.717, 1.165) is 36.3 Å². The summed E-state index contributed by atoms with van der Waals surface area (Å²) in [5.41, 5.74) is 3.15. The summed E-state index contributed by atoms with van der Waals surface area (Å²) in [5.74, 6) is 1.12. The molecule has 3 atom stereocenters. The van der Waals surface area contributed by atoms with Gasteiger partial charge in [0.1, 0.15) is 11.8 Å². The standard InChI is InChI=1S/C21H24N2O3S/c1-14-4-6-15(7-5-14)18-12-19(20-3-2-10-26-20)23(22-18)21(25)13-27-17-9-8-16(24)11-17/h2-7,10,16-17,19,24H,8-9,11-13H2,1H3. The lowest BCUT2D eigenvalue weighted by molar-refractivity contribution is -0.130. The van der Waals surface area contributed by atoms with E-state index in [-0.39, 0.29) is 18.1 Å². The van der Waals surface area contributed by atoms with Crippen LogP contribution in [0.1, 0.15) is 48.6 Å². The highest BCUT2D eigenvalue weighted by atomic mass is 32.2. The Balaban J connectivity index is 1.50. The van der Waals surface area contributed by atoms with Gasteiger partial charge in [-0.15, -0.1) is 11.8 Å². The van der Waals surface area contributed by atoms with Gasteiger partial charge in [-0.05, 0) is 43.9 Å². The number of aliphatic hydroxyl groups excluding tert-OH is 1. The van der Waals surface area contributed by atoms with E-state index < -0.39 is 0 Å². The number of thioether (sulfide) groups is 1. The second-order valence-corrected chi connectivity index (χ2v) is 8.57. The van der Waals surface area contributed by atoms with Crippen LogP contribution in [0.2, 0.25) is 0 Å². The summed E-state index contributed by atoms with van der Waals surface area (Å²) in [6.07, 6.45) is 4.65. The van der Waals surface area contributed by atoms with Crippen molar-refractivity contribution < 1.29 is 14.3 Å². The molecular formula is C21H24N2O3S. The van der Waals surface area contributed by atoms with Crippen LogP contribution in [-0.2, 0) is 4.79 Å². The maximum atomic E-state index is 12.9. The van der Waals surface area contributed by atoms with Gasteiger partial charge < -0.3 is 9.52 Å². The molecule has 1 fully saturated rings. The van der Waals surface area contributed by atoms with E-state index in [2.05, 4.69) is 36.3 Å². The Hall–Kier alpha value is -2.05. The summed E-state index contributed by atoms with van der Waals surface area (Å²) in [4.78, 5) is 12.9.